The summed E-state index contributed by atoms with van der Waals surface area (Å²) in [5.41, 5.74) is 4.45. The van der Waals surface area contributed by atoms with Crippen molar-refractivity contribution in [1.82, 2.24) is 24.4 Å². The molecule has 6 rings (SSSR count). The van der Waals surface area contributed by atoms with Crippen LogP contribution in [0.25, 0.3) is 11.2 Å². The number of aromatic nitrogens is 4. The maximum Gasteiger partial charge on any atom is 0.241 e. The molecule has 44 heavy (non-hydrogen) atoms. The second-order valence-corrected chi connectivity index (χ2v) is 11.8. The van der Waals surface area contributed by atoms with Crippen LogP contribution in [0.4, 0.5) is 20.5 Å². The summed E-state index contributed by atoms with van der Waals surface area (Å²) in [4.78, 5) is 19.0. The molecule has 2 aromatic heterocycles. The molecule has 0 spiro atoms. The van der Waals surface area contributed by atoms with Gasteiger partial charge < -0.3 is 19.3 Å². The van der Waals surface area contributed by atoms with E-state index in [0.29, 0.717) is 42.6 Å². The van der Waals surface area contributed by atoms with E-state index in [4.69, 9.17) is 25.5 Å². The highest BCUT2D eigenvalue weighted by Crippen LogP contribution is 2.41. The summed E-state index contributed by atoms with van der Waals surface area (Å²) in [5.74, 6) is 6.93. The molecule has 4 heterocycles. The van der Waals surface area contributed by atoms with Gasteiger partial charge in [-0.3, -0.25) is 10.3 Å². The molecule has 0 amide bonds. The van der Waals surface area contributed by atoms with Gasteiger partial charge in [0.2, 0.25) is 5.95 Å². The molecule has 2 saturated heterocycles. The third-order valence-corrected chi connectivity index (χ3v) is 9.25. The first-order valence-electron chi connectivity index (χ1n) is 15.3. The third kappa shape index (κ3) is 5.29. The monoisotopic (exact) mass is 606 g/mol. The van der Waals surface area contributed by atoms with E-state index in [1.807, 2.05) is 6.92 Å². The van der Waals surface area contributed by atoms with E-state index in [1.165, 1.54) is 24.3 Å². The van der Waals surface area contributed by atoms with Gasteiger partial charge in [-0.25, -0.2) is 19.6 Å². The summed E-state index contributed by atoms with van der Waals surface area (Å²) < 4.78 is 36.1. The highest BCUT2D eigenvalue weighted by Gasteiger charge is 2.47. The van der Waals surface area contributed by atoms with E-state index in [0.717, 1.165) is 42.8 Å². The third-order valence-electron chi connectivity index (χ3n) is 9.25. The zero-order chi connectivity index (χ0) is 31.0. The number of hydrogen-bond acceptors (Lipinski definition) is 9. The number of nitrogens with one attached hydrogen (secondary N) is 1. The number of piperazine rings is 1. The van der Waals surface area contributed by atoms with Crippen LogP contribution in [0.15, 0.2) is 48.5 Å². The van der Waals surface area contributed by atoms with Crippen LogP contribution in [-0.4, -0.2) is 74.0 Å². The molecule has 0 bridgehead atoms. The normalized spacial score (nSPS) is 21.3. The Balaban J connectivity index is 1.42. The minimum Gasteiger partial charge on any atom is -0.394 e. The van der Waals surface area contributed by atoms with E-state index < -0.39 is 5.54 Å². The van der Waals surface area contributed by atoms with Crippen LogP contribution in [-0.2, 0) is 16.8 Å². The first-order valence-corrected chi connectivity index (χ1v) is 15.3. The second-order valence-electron chi connectivity index (χ2n) is 11.8. The Kier molecular flexibility index (Phi) is 8.51. The number of nitrogens with two attached hydrogens (primary N) is 1. The van der Waals surface area contributed by atoms with Gasteiger partial charge in [-0.05, 0) is 68.5 Å². The van der Waals surface area contributed by atoms with Crippen LogP contribution in [0.3, 0.4) is 0 Å². The Morgan fingerprint density at radius 2 is 1.68 bits per heavy atom. The number of ether oxygens (including phenoxy) is 1. The van der Waals surface area contributed by atoms with Crippen molar-refractivity contribution in [2.75, 3.05) is 36.6 Å². The lowest BCUT2D eigenvalue weighted by Crippen LogP contribution is -2.65. The van der Waals surface area contributed by atoms with E-state index in [1.54, 1.807) is 24.3 Å². The summed E-state index contributed by atoms with van der Waals surface area (Å²) in [7, 11) is 0. The van der Waals surface area contributed by atoms with Crippen LogP contribution >= 0.6 is 0 Å². The van der Waals surface area contributed by atoms with Crippen LogP contribution in [0.5, 0.6) is 0 Å². The number of imidazole rings is 1. The van der Waals surface area contributed by atoms with Crippen molar-refractivity contribution < 1.29 is 18.6 Å². The lowest BCUT2D eigenvalue weighted by atomic mass is 9.79. The number of fused-ring (bicyclic) bond motifs is 1. The van der Waals surface area contributed by atoms with Crippen molar-refractivity contribution in [3.05, 3.63) is 77.1 Å². The molecule has 234 valence electrons. The number of halogens is 2. The Labute approximate surface area is 255 Å². The van der Waals surface area contributed by atoms with Gasteiger partial charge in [-0.2, -0.15) is 9.97 Å². The van der Waals surface area contributed by atoms with Gasteiger partial charge in [0, 0.05) is 31.8 Å². The van der Waals surface area contributed by atoms with Crippen LogP contribution < -0.4 is 16.2 Å². The smallest absolute Gasteiger partial charge is 0.241 e. The van der Waals surface area contributed by atoms with Gasteiger partial charge in [-0.15, -0.1) is 0 Å². The molecule has 4 N–H and O–H groups in total. The lowest BCUT2D eigenvalue weighted by Gasteiger charge is -2.54. The van der Waals surface area contributed by atoms with E-state index in [2.05, 4.69) is 33.6 Å². The van der Waals surface area contributed by atoms with Crippen molar-refractivity contribution >= 4 is 22.9 Å². The predicted molar refractivity (Wildman–Crippen MR) is 165 cm³/mol. The molecule has 4 aromatic rings. The Hall–Kier alpha value is -3.71. The Morgan fingerprint density at radius 3 is 2.23 bits per heavy atom. The predicted octanol–water partition coefficient (Wildman–Crippen LogP) is 4.10. The standard InChI is InChI=1S/C32H40F2N8O2/c1-4-26-17-40(29-28-30(38-31(37-29)39-35)41(21(3)36-28)18-27-6-5-15-44-27)20(2)16-42(26)32(19-43,22-7-11-24(33)12-8-22)23-9-13-25(34)14-10-23/h7-14,20,26-27,43H,4-6,15-19,35H2,1-3H3,(H,37,38,39)/t20-,26+,27?/m0/s1. The molecular weight excluding hydrogens is 566 g/mol. The number of benzene rings is 2. The maximum absolute atomic E-state index is 14.1. The highest BCUT2D eigenvalue weighted by molar-refractivity contribution is 5.85. The first-order chi connectivity index (χ1) is 21.3. The van der Waals surface area contributed by atoms with Crippen molar-refractivity contribution in [2.24, 2.45) is 5.84 Å². The lowest BCUT2D eigenvalue weighted by molar-refractivity contribution is 0.00381. The number of aryl methyl sites for hydroxylation is 1. The number of nitrogen functional groups attached to an aromatic ring is 1. The van der Waals surface area contributed by atoms with Crippen LogP contribution in [0, 0.1) is 18.6 Å². The summed E-state index contributed by atoms with van der Waals surface area (Å²) in [5, 5.41) is 11.2. The van der Waals surface area contributed by atoms with E-state index in [9.17, 15) is 13.9 Å². The molecule has 1 unspecified atom stereocenters. The fourth-order valence-electron chi connectivity index (χ4n) is 6.94. The number of hydrazine groups is 1. The zero-order valence-electron chi connectivity index (χ0n) is 25.4. The minimum atomic E-state index is -1.03. The average molecular weight is 607 g/mol. The Bertz CT molecular complexity index is 1550. The quantitative estimate of drug-likeness (QED) is 0.191. The molecule has 2 aliphatic rings. The fourth-order valence-corrected chi connectivity index (χ4v) is 6.94. The van der Waals surface area contributed by atoms with E-state index >= 15 is 0 Å². The van der Waals surface area contributed by atoms with Gasteiger partial charge in [0.05, 0.1) is 24.8 Å². The van der Waals surface area contributed by atoms with Crippen LogP contribution in [0.2, 0.25) is 0 Å². The first kappa shape index (κ1) is 30.3. The average Bonchev–Trinajstić information content (AvgIpc) is 3.67. The number of rotatable bonds is 9. The van der Waals surface area contributed by atoms with Crippen molar-refractivity contribution in [1.29, 1.82) is 0 Å². The molecule has 0 aliphatic carbocycles. The molecule has 2 fully saturated rings. The SMILES string of the molecule is CC[C@@H]1CN(c2nc(NN)nc3c2nc(C)n3CC2CCCO2)[C@@H](C)CN1C(CO)(c1ccc(F)cc1)c1ccc(F)cc1. The summed E-state index contributed by atoms with van der Waals surface area (Å²) in [6, 6.07) is 12.3. The minimum absolute atomic E-state index is 0.0668. The largest absolute Gasteiger partial charge is 0.394 e. The number of hydrogen-bond donors (Lipinski definition) is 3. The molecule has 3 atom stereocenters. The van der Waals surface area contributed by atoms with Crippen LogP contribution in [0.1, 0.15) is 50.1 Å². The number of nitrogens with zero attached hydrogens (tertiary/aromatic N) is 6. The number of aliphatic hydroxyl groups is 1. The topological polar surface area (TPSA) is 118 Å². The van der Waals surface area contributed by atoms with Crippen molar-refractivity contribution in [3.63, 3.8) is 0 Å². The zero-order valence-corrected chi connectivity index (χ0v) is 25.4. The molecule has 2 aliphatic heterocycles. The highest BCUT2D eigenvalue weighted by atomic mass is 19.1. The molecule has 12 heteroatoms. The molecule has 10 nitrogen and oxygen atoms in total. The van der Waals surface area contributed by atoms with Gasteiger partial charge >= 0.3 is 0 Å². The Morgan fingerprint density at radius 1 is 1.02 bits per heavy atom. The molecule has 2 aromatic carbocycles. The molecule has 0 radical (unpaired) electrons. The van der Waals surface area contributed by atoms with Crippen molar-refractivity contribution in [2.45, 2.75) is 70.3 Å². The maximum atomic E-state index is 14.1. The number of aliphatic hydroxyl groups excluding tert-OH is 1. The summed E-state index contributed by atoms with van der Waals surface area (Å²) in [6.07, 6.45) is 2.88. The van der Waals surface area contributed by atoms with Gasteiger partial charge in [0.1, 0.15) is 17.5 Å². The van der Waals surface area contributed by atoms with Crippen molar-refractivity contribution in [3.8, 4) is 0 Å². The summed E-state index contributed by atoms with van der Waals surface area (Å²) >= 11 is 0. The molecular formula is C32H40F2N8O2. The fraction of sp³-hybridized carbons (Fsp3) is 0.469. The van der Waals surface area contributed by atoms with E-state index in [-0.39, 0.29) is 36.4 Å². The van der Waals surface area contributed by atoms with Gasteiger partial charge in [-0.1, -0.05) is 31.2 Å². The van der Waals surface area contributed by atoms with Gasteiger partial charge in [0.25, 0.3) is 0 Å². The van der Waals surface area contributed by atoms with Gasteiger partial charge in [0.15, 0.2) is 17.0 Å². The summed E-state index contributed by atoms with van der Waals surface area (Å²) in [6.45, 7) is 8.40. The molecule has 0 saturated carbocycles. The second kappa shape index (κ2) is 12.4. The number of anilines is 2.